The van der Waals surface area contributed by atoms with Crippen LogP contribution < -0.4 is 10.5 Å². The summed E-state index contributed by atoms with van der Waals surface area (Å²) in [6.45, 7) is 4.66. The van der Waals surface area contributed by atoms with Crippen LogP contribution in [0, 0.1) is 5.92 Å². The van der Waals surface area contributed by atoms with E-state index in [1.54, 1.807) is 6.33 Å². The normalized spacial score (nSPS) is 24.9. The summed E-state index contributed by atoms with van der Waals surface area (Å²) in [5.41, 5.74) is 9.31. The number of carbonyl (C=O) groups excluding carboxylic acids is 1. The molecule has 36 heavy (non-hydrogen) atoms. The molecule has 0 spiro atoms. The number of anilines is 1. The Morgan fingerprint density at radius 3 is 2.92 bits per heavy atom. The van der Waals surface area contributed by atoms with Crippen molar-refractivity contribution in [2.45, 2.75) is 37.8 Å². The highest BCUT2D eigenvalue weighted by Crippen LogP contribution is 2.43. The Labute approximate surface area is 211 Å². The lowest BCUT2D eigenvalue weighted by atomic mass is 9.79. The molecule has 3 aromatic rings. The molecule has 1 atom stereocenters. The SMILES string of the molecule is CN1CCN(CC2CC(n3cc(-c4cccc(OCC5CCCO5)c4)c4c(N)ncnc43)C2)CC1=O. The van der Waals surface area contributed by atoms with Gasteiger partial charge in [0.25, 0.3) is 0 Å². The Balaban J connectivity index is 1.19. The third-order valence-corrected chi connectivity index (χ3v) is 7.90. The van der Waals surface area contributed by atoms with E-state index in [1.807, 2.05) is 24.1 Å². The minimum absolute atomic E-state index is 0.176. The van der Waals surface area contributed by atoms with E-state index in [4.69, 9.17) is 15.2 Å². The van der Waals surface area contributed by atoms with Crippen LogP contribution in [0.5, 0.6) is 5.75 Å². The van der Waals surface area contributed by atoms with Crippen molar-refractivity contribution in [3.63, 3.8) is 0 Å². The number of rotatable bonds is 7. The van der Waals surface area contributed by atoms with Gasteiger partial charge in [-0.3, -0.25) is 9.69 Å². The van der Waals surface area contributed by atoms with Crippen molar-refractivity contribution in [1.29, 1.82) is 0 Å². The van der Waals surface area contributed by atoms with Gasteiger partial charge in [-0.1, -0.05) is 12.1 Å². The Morgan fingerprint density at radius 2 is 2.11 bits per heavy atom. The van der Waals surface area contributed by atoms with E-state index in [0.717, 1.165) is 79.8 Å². The van der Waals surface area contributed by atoms with Crippen LogP contribution in [0.25, 0.3) is 22.2 Å². The fraction of sp³-hybridized carbons (Fsp3) is 0.519. The highest BCUT2D eigenvalue weighted by Gasteiger charge is 2.35. The summed E-state index contributed by atoms with van der Waals surface area (Å²) in [6.07, 6.45) is 8.18. The van der Waals surface area contributed by atoms with Crippen molar-refractivity contribution in [2.75, 3.05) is 52.2 Å². The fourth-order valence-electron chi connectivity index (χ4n) is 5.73. The monoisotopic (exact) mass is 490 g/mol. The first-order valence-electron chi connectivity index (χ1n) is 13.0. The number of hydrogen-bond acceptors (Lipinski definition) is 7. The predicted molar refractivity (Wildman–Crippen MR) is 138 cm³/mol. The van der Waals surface area contributed by atoms with Crippen molar-refractivity contribution < 1.29 is 14.3 Å². The molecule has 9 nitrogen and oxygen atoms in total. The Kier molecular flexibility index (Phi) is 6.27. The number of aromatic nitrogens is 3. The maximum absolute atomic E-state index is 12.1. The largest absolute Gasteiger partial charge is 0.491 e. The number of nitrogen functional groups attached to an aromatic ring is 1. The van der Waals surface area contributed by atoms with E-state index in [1.165, 1.54) is 0 Å². The van der Waals surface area contributed by atoms with Crippen LogP contribution in [0.3, 0.4) is 0 Å². The van der Waals surface area contributed by atoms with Gasteiger partial charge in [-0.05, 0) is 49.3 Å². The molecule has 1 unspecified atom stereocenters. The van der Waals surface area contributed by atoms with Crippen LogP contribution in [0.15, 0.2) is 36.8 Å². The standard InChI is InChI=1S/C27H34N6O3/c1-31-7-8-32(15-24(31)34)13-18-10-20(11-18)33-14-23(25-26(28)29-17-30-27(25)33)19-4-2-5-21(12-19)36-16-22-6-3-9-35-22/h2,4-5,12,14,17-18,20,22H,3,6-11,13,15-16H2,1H3,(H2,28,29,30). The molecule has 2 aromatic heterocycles. The summed E-state index contributed by atoms with van der Waals surface area (Å²) < 4.78 is 14.0. The lowest BCUT2D eigenvalue weighted by molar-refractivity contribution is -0.134. The van der Waals surface area contributed by atoms with Crippen molar-refractivity contribution in [3.8, 4) is 16.9 Å². The average Bonchev–Trinajstić information content (AvgIpc) is 3.51. The third kappa shape index (κ3) is 4.53. The number of ether oxygens (including phenoxy) is 2. The molecule has 4 heterocycles. The zero-order valence-corrected chi connectivity index (χ0v) is 20.8. The Hall–Kier alpha value is -3.17. The molecule has 1 aliphatic carbocycles. The number of hydrogen-bond donors (Lipinski definition) is 1. The first kappa shape index (κ1) is 23.2. The van der Waals surface area contributed by atoms with E-state index < -0.39 is 0 Å². The van der Waals surface area contributed by atoms with Gasteiger partial charge in [0.2, 0.25) is 5.91 Å². The Bertz CT molecular complexity index is 1250. The Morgan fingerprint density at radius 1 is 1.22 bits per heavy atom. The molecule has 190 valence electrons. The molecule has 9 heteroatoms. The lowest BCUT2D eigenvalue weighted by Crippen LogP contribution is -2.50. The number of carbonyl (C=O) groups is 1. The number of nitrogens with zero attached hydrogens (tertiary/aromatic N) is 5. The molecule has 3 fully saturated rings. The molecule has 6 rings (SSSR count). The molecule has 3 aliphatic rings. The van der Waals surface area contributed by atoms with Crippen molar-refractivity contribution in [3.05, 3.63) is 36.8 Å². The van der Waals surface area contributed by atoms with E-state index in [9.17, 15) is 4.79 Å². The molecule has 0 radical (unpaired) electrons. The second kappa shape index (κ2) is 9.71. The van der Waals surface area contributed by atoms with Gasteiger partial charge in [0.15, 0.2) is 0 Å². The molecule has 0 bridgehead atoms. The van der Waals surface area contributed by atoms with Gasteiger partial charge in [0.1, 0.15) is 30.1 Å². The quantitative estimate of drug-likeness (QED) is 0.544. The van der Waals surface area contributed by atoms with Crippen molar-refractivity contribution in [2.24, 2.45) is 5.92 Å². The first-order valence-corrected chi connectivity index (χ1v) is 13.0. The van der Waals surface area contributed by atoms with Crippen LogP contribution in [-0.4, -0.2) is 82.8 Å². The number of amides is 1. The maximum Gasteiger partial charge on any atom is 0.236 e. The summed E-state index contributed by atoms with van der Waals surface area (Å²) in [5, 5.41) is 0.891. The predicted octanol–water partition coefficient (Wildman–Crippen LogP) is 2.96. The minimum Gasteiger partial charge on any atom is -0.491 e. The second-order valence-electron chi connectivity index (χ2n) is 10.4. The number of fused-ring (bicyclic) bond motifs is 1. The van der Waals surface area contributed by atoms with Gasteiger partial charge in [0, 0.05) is 51.1 Å². The molecule has 2 saturated heterocycles. The molecule has 2 N–H and O–H groups in total. The topological polar surface area (TPSA) is 98.7 Å². The van der Waals surface area contributed by atoms with Crippen molar-refractivity contribution >= 4 is 22.8 Å². The van der Waals surface area contributed by atoms with Gasteiger partial charge < -0.3 is 24.7 Å². The zero-order chi connectivity index (χ0) is 24.6. The molecule has 1 saturated carbocycles. The molecule has 1 aromatic carbocycles. The van der Waals surface area contributed by atoms with Gasteiger partial charge in [-0.2, -0.15) is 0 Å². The van der Waals surface area contributed by atoms with Crippen LogP contribution in [-0.2, 0) is 9.53 Å². The zero-order valence-electron chi connectivity index (χ0n) is 20.8. The van der Waals surface area contributed by atoms with Gasteiger partial charge >= 0.3 is 0 Å². The number of likely N-dealkylation sites (N-methyl/N-ethyl adjacent to an activating group) is 1. The molecular formula is C27H34N6O3. The van der Waals surface area contributed by atoms with E-state index in [0.29, 0.717) is 30.9 Å². The lowest BCUT2D eigenvalue weighted by Gasteiger charge is -2.41. The summed E-state index contributed by atoms with van der Waals surface area (Å²) in [6, 6.07) is 8.51. The van der Waals surface area contributed by atoms with Gasteiger partial charge in [-0.25, -0.2) is 9.97 Å². The number of nitrogens with two attached hydrogens (primary N) is 1. The number of piperazine rings is 1. The van der Waals surface area contributed by atoms with E-state index >= 15 is 0 Å². The van der Waals surface area contributed by atoms with Crippen LogP contribution in [0.2, 0.25) is 0 Å². The van der Waals surface area contributed by atoms with Crippen molar-refractivity contribution in [1.82, 2.24) is 24.3 Å². The maximum atomic E-state index is 12.1. The minimum atomic E-state index is 0.176. The van der Waals surface area contributed by atoms with Crippen LogP contribution in [0.1, 0.15) is 31.7 Å². The second-order valence-corrected chi connectivity index (χ2v) is 10.4. The average molecular weight is 491 g/mol. The summed E-state index contributed by atoms with van der Waals surface area (Å²) in [4.78, 5) is 25.1. The van der Waals surface area contributed by atoms with Crippen LogP contribution in [0.4, 0.5) is 5.82 Å². The molecular weight excluding hydrogens is 456 g/mol. The number of benzene rings is 1. The highest BCUT2D eigenvalue weighted by molar-refractivity contribution is 6.00. The fourth-order valence-corrected chi connectivity index (χ4v) is 5.73. The van der Waals surface area contributed by atoms with Gasteiger partial charge in [0.05, 0.1) is 18.0 Å². The summed E-state index contributed by atoms with van der Waals surface area (Å²) >= 11 is 0. The smallest absolute Gasteiger partial charge is 0.236 e. The van der Waals surface area contributed by atoms with E-state index in [-0.39, 0.29) is 12.0 Å². The van der Waals surface area contributed by atoms with Gasteiger partial charge in [-0.15, -0.1) is 0 Å². The molecule has 1 amide bonds. The first-order chi connectivity index (χ1) is 17.5. The molecule has 2 aliphatic heterocycles. The summed E-state index contributed by atoms with van der Waals surface area (Å²) in [7, 11) is 1.88. The van der Waals surface area contributed by atoms with E-state index in [2.05, 4.69) is 37.8 Å². The summed E-state index contributed by atoms with van der Waals surface area (Å²) in [5.74, 6) is 2.11. The highest BCUT2D eigenvalue weighted by atomic mass is 16.5. The third-order valence-electron chi connectivity index (χ3n) is 7.90. The van der Waals surface area contributed by atoms with Crippen LogP contribution >= 0.6 is 0 Å².